The summed E-state index contributed by atoms with van der Waals surface area (Å²) in [7, 11) is 0. The fourth-order valence-corrected chi connectivity index (χ4v) is 2.58. The summed E-state index contributed by atoms with van der Waals surface area (Å²) >= 11 is 5.90. The number of benzene rings is 1. The van der Waals surface area contributed by atoms with Crippen LogP contribution in [0.15, 0.2) is 24.3 Å². The van der Waals surface area contributed by atoms with Gasteiger partial charge >= 0.3 is 0 Å². The fraction of sp³-hybridized carbons (Fsp3) is 0.526. The molecule has 2 nitrogen and oxygen atoms in total. The van der Waals surface area contributed by atoms with E-state index in [0.717, 1.165) is 12.8 Å². The highest BCUT2D eigenvalue weighted by atomic mass is 35.5. The molecule has 0 unspecified atom stereocenters. The van der Waals surface area contributed by atoms with E-state index in [1.54, 1.807) is 6.07 Å². The predicted molar refractivity (Wildman–Crippen MR) is 96.1 cm³/mol. The van der Waals surface area contributed by atoms with Crippen LogP contribution < -0.4 is 5.32 Å². The Morgan fingerprint density at radius 2 is 1.78 bits per heavy atom. The maximum Gasteiger partial charge on any atom is 0.244 e. The zero-order chi connectivity index (χ0) is 16.9. The summed E-state index contributed by atoms with van der Waals surface area (Å²) in [6.45, 7) is 2.88. The van der Waals surface area contributed by atoms with E-state index < -0.39 is 5.82 Å². The second kappa shape index (κ2) is 12.1. The molecule has 0 saturated heterocycles. The molecule has 0 radical (unpaired) electrons. The Hall–Kier alpha value is -1.35. The molecule has 1 aromatic carbocycles. The van der Waals surface area contributed by atoms with E-state index in [1.165, 1.54) is 62.8 Å². The highest BCUT2D eigenvalue weighted by Crippen LogP contribution is 2.20. The molecule has 1 N–H and O–H groups in total. The van der Waals surface area contributed by atoms with Crippen molar-refractivity contribution in [2.45, 2.75) is 58.3 Å². The summed E-state index contributed by atoms with van der Waals surface area (Å²) in [6.07, 6.45) is 12.6. The highest BCUT2D eigenvalue weighted by molar-refractivity contribution is 6.32. The average molecular weight is 340 g/mol. The molecule has 1 rings (SSSR count). The van der Waals surface area contributed by atoms with Crippen molar-refractivity contribution in [2.75, 3.05) is 6.54 Å². The van der Waals surface area contributed by atoms with Gasteiger partial charge in [-0.05, 0) is 24.6 Å². The number of nitrogens with one attached hydrogen (secondary N) is 1. The van der Waals surface area contributed by atoms with Crippen LogP contribution in [0.5, 0.6) is 0 Å². The van der Waals surface area contributed by atoms with Crippen molar-refractivity contribution in [2.24, 2.45) is 0 Å². The Balaban J connectivity index is 2.14. The van der Waals surface area contributed by atoms with E-state index in [4.69, 9.17) is 11.6 Å². The Kier molecular flexibility index (Phi) is 10.4. The van der Waals surface area contributed by atoms with Crippen molar-refractivity contribution in [3.63, 3.8) is 0 Å². The zero-order valence-electron chi connectivity index (χ0n) is 13.9. The van der Waals surface area contributed by atoms with Gasteiger partial charge in [0, 0.05) is 18.2 Å². The van der Waals surface area contributed by atoms with Crippen LogP contribution in [-0.2, 0) is 4.79 Å². The number of carbonyl (C=O) groups excluding carboxylic acids is 1. The second-order valence-corrected chi connectivity index (χ2v) is 6.14. The summed E-state index contributed by atoms with van der Waals surface area (Å²) in [6, 6.07) is 4.46. The topological polar surface area (TPSA) is 29.1 Å². The van der Waals surface area contributed by atoms with Gasteiger partial charge < -0.3 is 5.32 Å². The molecule has 128 valence electrons. The van der Waals surface area contributed by atoms with Gasteiger partial charge in [0.2, 0.25) is 5.91 Å². The molecule has 0 heterocycles. The maximum atomic E-state index is 13.5. The predicted octanol–water partition coefficient (Wildman–Crippen LogP) is 5.75. The SMILES string of the molecule is CCCCCCCCCCNC(=O)/C=C/c1c(F)cccc1Cl. The molecule has 4 heteroatoms. The smallest absolute Gasteiger partial charge is 0.244 e. The van der Waals surface area contributed by atoms with Crippen LogP contribution in [0.2, 0.25) is 5.02 Å². The number of unbranched alkanes of at least 4 members (excludes halogenated alkanes) is 7. The van der Waals surface area contributed by atoms with E-state index in [-0.39, 0.29) is 11.5 Å². The quantitative estimate of drug-likeness (QED) is 0.403. The highest BCUT2D eigenvalue weighted by Gasteiger charge is 2.03. The molecule has 0 aliphatic rings. The Morgan fingerprint density at radius 3 is 2.43 bits per heavy atom. The van der Waals surface area contributed by atoms with E-state index >= 15 is 0 Å². The number of halogens is 2. The lowest BCUT2D eigenvalue weighted by Gasteiger charge is -2.03. The number of hydrogen-bond acceptors (Lipinski definition) is 1. The molecule has 0 bridgehead atoms. The van der Waals surface area contributed by atoms with Gasteiger partial charge in [0.15, 0.2) is 0 Å². The average Bonchev–Trinajstić information content (AvgIpc) is 2.53. The molecule has 1 aromatic rings. The largest absolute Gasteiger partial charge is 0.353 e. The first-order chi connectivity index (χ1) is 11.1. The van der Waals surface area contributed by atoms with Crippen molar-refractivity contribution in [1.82, 2.24) is 5.32 Å². The molecule has 0 fully saturated rings. The first-order valence-corrected chi connectivity index (χ1v) is 8.93. The van der Waals surface area contributed by atoms with Crippen LogP contribution in [0.3, 0.4) is 0 Å². The van der Waals surface area contributed by atoms with Gasteiger partial charge in [-0.3, -0.25) is 4.79 Å². The lowest BCUT2D eigenvalue weighted by Crippen LogP contribution is -2.21. The van der Waals surface area contributed by atoms with Gasteiger partial charge in [0.25, 0.3) is 0 Å². The van der Waals surface area contributed by atoms with E-state index in [2.05, 4.69) is 12.2 Å². The van der Waals surface area contributed by atoms with Crippen LogP contribution in [0, 0.1) is 5.82 Å². The Morgan fingerprint density at radius 1 is 1.13 bits per heavy atom. The molecule has 0 saturated carbocycles. The molecule has 23 heavy (non-hydrogen) atoms. The van der Waals surface area contributed by atoms with Crippen molar-refractivity contribution < 1.29 is 9.18 Å². The van der Waals surface area contributed by atoms with Gasteiger partial charge in [0.1, 0.15) is 5.82 Å². The molecular formula is C19H27ClFNO. The second-order valence-electron chi connectivity index (χ2n) is 5.73. The maximum absolute atomic E-state index is 13.5. The van der Waals surface area contributed by atoms with Gasteiger partial charge in [-0.15, -0.1) is 0 Å². The third kappa shape index (κ3) is 8.75. The summed E-state index contributed by atoms with van der Waals surface area (Å²) < 4.78 is 13.5. The lowest BCUT2D eigenvalue weighted by molar-refractivity contribution is -0.116. The fourth-order valence-electron chi connectivity index (χ4n) is 2.36. The first-order valence-electron chi connectivity index (χ1n) is 8.55. The van der Waals surface area contributed by atoms with Gasteiger partial charge in [-0.2, -0.15) is 0 Å². The van der Waals surface area contributed by atoms with Crippen LogP contribution >= 0.6 is 11.6 Å². The van der Waals surface area contributed by atoms with Crippen molar-refractivity contribution in [3.05, 3.63) is 40.7 Å². The van der Waals surface area contributed by atoms with E-state index in [0.29, 0.717) is 11.6 Å². The standard InChI is InChI=1S/C19H27ClFNO/c1-2-3-4-5-6-7-8-9-15-22-19(23)14-13-16-17(20)11-10-12-18(16)21/h10-14H,2-9,15H2,1H3,(H,22,23)/b14-13+. The molecule has 0 aromatic heterocycles. The minimum atomic E-state index is -0.426. The van der Waals surface area contributed by atoms with Gasteiger partial charge in [-0.1, -0.05) is 69.5 Å². The van der Waals surface area contributed by atoms with E-state index in [1.807, 2.05) is 0 Å². The monoisotopic (exact) mass is 339 g/mol. The minimum absolute atomic E-state index is 0.215. The summed E-state index contributed by atoms with van der Waals surface area (Å²) in [4.78, 5) is 11.7. The van der Waals surface area contributed by atoms with E-state index in [9.17, 15) is 9.18 Å². The Labute approximate surface area is 144 Å². The summed E-state index contributed by atoms with van der Waals surface area (Å²) in [5, 5.41) is 3.11. The Bertz CT molecular complexity index is 482. The number of hydrogen-bond donors (Lipinski definition) is 1. The van der Waals surface area contributed by atoms with Gasteiger partial charge in [0.05, 0.1) is 5.02 Å². The first kappa shape index (κ1) is 19.7. The van der Waals surface area contributed by atoms with Crippen LogP contribution in [0.1, 0.15) is 63.9 Å². The van der Waals surface area contributed by atoms with Crippen molar-refractivity contribution in [1.29, 1.82) is 0 Å². The van der Waals surface area contributed by atoms with Crippen molar-refractivity contribution in [3.8, 4) is 0 Å². The third-order valence-electron chi connectivity index (χ3n) is 3.73. The molecule has 0 spiro atoms. The number of rotatable bonds is 11. The van der Waals surface area contributed by atoms with Gasteiger partial charge in [-0.25, -0.2) is 4.39 Å². The number of carbonyl (C=O) groups is 1. The molecule has 1 amide bonds. The van der Waals surface area contributed by atoms with Crippen LogP contribution in [-0.4, -0.2) is 12.5 Å². The molecule has 0 aliphatic carbocycles. The third-order valence-corrected chi connectivity index (χ3v) is 4.06. The lowest BCUT2D eigenvalue weighted by atomic mass is 10.1. The van der Waals surface area contributed by atoms with Crippen LogP contribution in [0.25, 0.3) is 6.08 Å². The number of amides is 1. The summed E-state index contributed by atoms with van der Waals surface area (Å²) in [5.41, 5.74) is 0.247. The molecular weight excluding hydrogens is 313 g/mol. The minimum Gasteiger partial charge on any atom is -0.353 e. The normalized spacial score (nSPS) is 11.1. The molecule has 0 atom stereocenters. The summed E-state index contributed by atoms with van der Waals surface area (Å²) in [5.74, 6) is -0.642. The van der Waals surface area contributed by atoms with Crippen LogP contribution in [0.4, 0.5) is 4.39 Å². The van der Waals surface area contributed by atoms with Crippen molar-refractivity contribution >= 4 is 23.6 Å². The molecule has 0 aliphatic heterocycles. The zero-order valence-corrected chi connectivity index (χ0v) is 14.7.